The van der Waals surface area contributed by atoms with Crippen LogP contribution in [0, 0.1) is 0 Å². The molecular formula is C16H13ClN2O3S. The number of rotatable bonds is 5. The van der Waals surface area contributed by atoms with Crippen molar-refractivity contribution in [2.75, 3.05) is 6.61 Å². The van der Waals surface area contributed by atoms with Crippen LogP contribution in [0.15, 0.2) is 30.5 Å². The number of aldehydes is 1. The SMILES string of the molecule is CCOC(=O)Cc1cn2c(C=O)c(-c3ccccc3Cl)nc2s1. The Kier molecular flexibility index (Phi) is 4.45. The molecule has 3 rings (SSSR count). The number of carbonyl (C=O) groups excluding carboxylic acids is 2. The molecule has 5 nitrogen and oxygen atoms in total. The van der Waals surface area contributed by atoms with Gasteiger partial charge in [0, 0.05) is 16.6 Å². The van der Waals surface area contributed by atoms with Crippen LogP contribution in [0.3, 0.4) is 0 Å². The summed E-state index contributed by atoms with van der Waals surface area (Å²) in [6, 6.07) is 7.24. The van der Waals surface area contributed by atoms with Crippen LogP contribution < -0.4 is 0 Å². The van der Waals surface area contributed by atoms with E-state index in [1.165, 1.54) is 11.3 Å². The minimum atomic E-state index is -0.295. The number of aromatic nitrogens is 2. The maximum atomic E-state index is 11.6. The van der Waals surface area contributed by atoms with Crippen LogP contribution in [0.5, 0.6) is 0 Å². The molecule has 0 aliphatic heterocycles. The van der Waals surface area contributed by atoms with E-state index in [0.29, 0.717) is 33.5 Å². The minimum absolute atomic E-state index is 0.168. The second-order valence-electron chi connectivity index (χ2n) is 4.78. The van der Waals surface area contributed by atoms with E-state index in [4.69, 9.17) is 16.3 Å². The molecule has 23 heavy (non-hydrogen) atoms. The quantitative estimate of drug-likeness (QED) is 0.521. The van der Waals surface area contributed by atoms with Gasteiger partial charge in [-0.25, -0.2) is 4.98 Å². The Morgan fingerprint density at radius 2 is 2.22 bits per heavy atom. The van der Waals surface area contributed by atoms with Crippen LogP contribution in [-0.4, -0.2) is 28.2 Å². The number of thiazole rings is 1. The van der Waals surface area contributed by atoms with Crippen molar-refractivity contribution in [2.45, 2.75) is 13.3 Å². The summed E-state index contributed by atoms with van der Waals surface area (Å²) in [6.07, 6.45) is 2.66. The predicted molar refractivity (Wildman–Crippen MR) is 89.2 cm³/mol. The molecule has 0 saturated carbocycles. The Hall–Kier alpha value is -2.18. The number of hydrogen-bond acceptors (Lipinski definition) is 5. The molecule has 0 unspecified atom stereocenters. The van der Waals surface area contributed by atoms with E-state index < -0.39 is 0 Å². The summed E-state index contributed by atoms with van der Waals surface area (Å²) in [5.41, 5.74) is 1.66. The zero-order valence-electron chi connectivity index (χ0n) is 12.3. The molecule has 0 bridgehead atoms. The zero-order chi connectivity index (χ0) is 16.4. The highest BCUT2D eigenvalue weighted by molar-refractivity contribution is 7.17. The molecule has 0 fully saturated rings. The van der Waals surface area contributed by atoms with Gasteiger partial charge in [0.05, 0.1) is 18.1 Å². The van der Waals surface area contributed by atoms with Gasteiger partial charge in [0.15, 0.2) is 11.2 Å². The van der Waals surface area contributed by atoms with Gasteiger partial charge in [-0.2, -0.15) is 0 Å². The number of fused-ring (bicyclic) bond motifs is 1. The van der Waals surface area contributed by atoms with E-state index in [1.54, 1.807) is 23.6 Å². The van der Waals surface area contributed by atoms with E-state index in [0.717, 1.165) is 11.2 Å². The van der Waals surface area contributed by atoms with Crippen LogP contribution in [0.1, 0.15) is 22.3 Å². The second-order valence-corrected chi connectivity index (χ2v) is 6.28. The summed E-state index contributed by atoms with van der Waals surface area (Å²) < 4.78 is 6.62. The van der Waals surface area contributed by atoms with Crippen molar-refractivity contribution in [3.8, 4) is 11.3 Å². The maximum absolute atomic E-state index is 11.6. The predicted octanol–water partition coefficient (Wildman–Crippen LogP) is 3.63. The smallest absolute Gasteiger partial charge is 0.311 e. The molecule has 2 heterocycles. The van der Waals surface area contributed by atoms with Gasteiger partial charge in [-0.1, -0.05) is 29.8 Å². The molecule has 3 aromatic rings. The van der Waals surface area contributed by atoms with Crippen LogP contribution in [0.4, 0.5) is 0 Å². The van der Waals surface area contributed by atoms with Crippen LogP contribution in [0.2, 0.25) is 5.02 Å². The van der Waals surface area contributed by atoms with E-state index in [-0.39, 0.29) is 12.4 Å². The monoisotopic (exact) mass is 348 g/mol. The fourth-order valence-corrected chi connectivity index (χ4v) is 3.50. The average molecular weight is 349 g/mol. The number of carbonyl (C=O) groups is 2. The normalized spacial score (nSPS) is 10.9. The lowest BCUT2D eigenvalue weighted by Gasteiger charge is -2.01. The fraction of sp³-hybridized carbons (Fsp3) is 0.188. The molecule has 7 heteroatoms. The molecule has 0 N–H and O–H groups in total. The molecule has 0 aliphatic carbocycles. The largest absolute Gasteiger partial charge is 0.466 e. The molecule has 0 radical (unpaired) electrons. The number of benzene rings is 1. The van der Waals surface area contributed by atoms with Gasteiger partial charge < -0.3 is 4.74 Å². The third kappa shape index (κ3) is 3.00. The minimum Gasteiger partial charge on any atom is -0.466 e. The van der Waals surface area contributed by atoms with Gasteiger partial charge >= 0.3 is 5.97 Å². The Balaban J connectivity index is 2.03. The van der Waals surface area contributed by atoms with Gasteiger partial charge in [-0.05, 0) is 13.0 Å². The Morgan fingerprint density at radius 3 is 2.91 bits per heavy atom. The molecule has 0 spiro atoms. The molecule has 2 aromatic heterocycles. The molecule has 0 aliphatic rings. The lowest BCUT2D eigenvalue weighted by molar-refractivity contribution is -0.142. The molecular weight excluding hydrogens is 336 g/mol. The van der Waals surface area contributed by atoms with Crippen LogP contribution >= 0.6 is 22.9 Å². The number of halogens is 1. The van der Waals surface area contributed by atoms with Gasteiger partial charge in [0.1, 0.15) is 11.4 Å². The van der Waals surface area contributed by atoms with Crippen LogP contribution in [-0.2, 0) is 16.0 Å². The third-order valence-electron chi connectivity index (χ3n) is 3.28. The Morgan fingerprint density at radius 1 is 1.43 bits per heavy atom. The molecule has 1 aromatic carbocycles. The zero-order valence-corrected chi connectivity index (χ0v) is 13.9. The first-order chi connectivity index (χ1) is 11.1. The highest BCUT2D eigenvalue weighted by atomic mass is 35.5. The molecule has 0 atom stereocenters. The van der Waals surface area contributed by atoms with Crippen molar-refractivity contribution in [1.29, 1.82) is 0 Å². The van der Waals surface area contributed by atoms with Gasteiger partial charge in [-0.15, -0.1) is 11.3 Å². The maximum Gasteiger partial charge on any atom is 0.311 e. The van der Waals surface area contributed by atoms with Gasteiger partial charge in [0.25, 0.3) is 0 Å². The number of hydrogen-bond donors (Lipinski definition) is 0. The summed E-state index contributed by atoms with van der Waals surface area (Å²) in [6.45, 7) is 2.11. The summed E-state index contributed by atoms with van der Waals surface area (Å²) >= 11 is 7.55. The van der Waals surface area contributed by atoms with Crippen molar-refractivity contribution in [3.63, 3.8) is 0 Å². The highest BCUT2D eigenvalue weighted by Gasteiger charge is 2.18. The summed E-state index contributed by atoms with van der Waals surface area (Å²) in [5.74, 6) is -0.295. The van der Waals surface area contributed by atoms with E-state index in [9.17, 15) is 9.59 Å². The Bertz CT molecular complexity index is 885. The van der Waals surface area contributed by atoms with Crippen molar-refractivity contribution >= 4 is 40.2 Å². The topological polar surface area (TPSA) is 60.7 Å². The van der Waals surface area contributed by atoms with E-state index >= 15 is 0 Å². The van der Waals surface area contributed by atoms with E-state index in [2.05, 4.69) is 4.98 Å². The highest BCUT2D eigenvalue weighted by Crippen LogP contribution is 2.32. The number of nitrogens with zero attached hydrogens (tertiary/aromatic N) is 2. The third-order valence-corrected chi connectivity index (χ3v) is 4.59. The lowest BCUT2D eigenvalue weighted by Crippen LogP contribution is -2.06. The standard InChI is InChI=1S/C16H13ClN2O3S/c1-2-22-14(21)7-10-8-19-13(9-20)15(18-16(19)23-10)11-5-3-4-6-12(11)17/h3-6,8-9H,2,7H2,1H3. The number of imidazole rings is 1. The van der Waals surface area contributed by atoms with Crippen molar-refractivity contribution in [3.05, 3.63) is 46.1 Å². The number of ether oxygens (including phenoxy) is 1. The first-order valence-corrected chi connectivity index (χ1v) is 8.20. The first kappa shape index (κ1) is 15.7. The molecule has 118 valence electrons. The Labute approximate surface area is 141 Å². The van der Waals surface area contributed by atoms with Crippen molar-refractivity contribution < 1.29 is 14.3 Å². The van der Waals surface area contributed by atoms with Crippen molar-refractivity contribution in [1.82, 2.24) is 9.38 Å². The van der Waals surface area contributed by atoms with Crippen molar-refractivity contribution in [2.24, 2.45) is 0 Å². The summed E-state index contributed by atoms with van der Waals surface area (Å²) in [5, 5.41) is 0.535. The van der Waals surface area contributed by atoms with E-state index in [1.807, 2.05) is 18.2 Å². The second kappa shape index (κ2) is 6.52. The summed E-state index contributed by atoms with van der Waals surface area (Å²) in [7, 11) is 0. The molecule has 0 saturated heterocycles. The number of esters is 1. The molecule has 0 amide bonds. The average Bonchev–Trinajstić information content (AvgIpc) is 3.04. The van der Waals surface area contributed by atoms with Crippen LogP contribution in [0.25, 0.3) is 16.2 Å². The lowest BCUT2D eigenvalue weighted by atomic mass is 10.1. The summed E-state index contributed by atoms with van der Waals surface area (Å²) in [4.78, 5) is 29.0. The van der Waals surface area contributed by atoms with Gasteiger partial charge in [0.2, 0.25) is 0 Å². The fourth-order valence-electron chi connectivity index (χ4n) is 2.31. The first-order valence-electron chi connectivity index (χ1n) is 7.00. The van der Waals surface area contributed by atoms with Gasteiger partial charge in [-0.3, -0.25) is 14.0 Å².